The molecule has 0 spiro atoms. The largest absolute Gasteiger partial charge is 0.370 e. The van der Waals surface area contributed by atoms with Gasteiger partial charge in [-0.15, -0.1) is 0 Å². The summed E-state index contributed by atoms with van der Waals surface area (Å²) in [5.74, 6) is -0.503. The number of hydrogen-bond donors (Lipinski definition) is 4. The van der Waals surface area contributed by atoms with Crippen LogP contribution in [0.5, 0.6) is 0 Å². The first-order valence-corrected chi connectivity index (χ1v) is 4.85. The van der Waals surface area contributed by atoms with Crippen molar-refractivity contribution in [1.29, 1.82) is 5.41 Å². The van der Waals surface area contributed by atoms with Gasteiger partial charge in [-0.1, -0.05) is 12.2 Å². The SMILES string of the molecule is CCCON(OC(C)(C)N=C(N)N)C(=N)N. The normalized spacial score (nSPS) is 10.9. The quantitative estimate of drug-likeness (QED) is 0.276. The molecule has 0 aromatic carbocycles. The fourth-order valence-electron chi connectivity index (χ4n) is 0.853. The predicted octanol–water partition coefficient (Wildman–Crippen LogP) is -0.535. The fourth-order valence-corrected chi connectivity index (χ4v) is 0.853. The molecule has 8 heteroatoms. The topological polar surface area (TPSA) is 136 Å². The Labute approximate surface area is 94.8 Å². The first-order valence-electron chi connectivity index (χ1n) is 4.85. The highest BCUT2D eigenvalue weighted by Crippen LogP contribution is 2.13. The number of guanidine groups is 2. The zero-order valence-electron chi connectivity index (χ0n) is 9.86. The van der Waals surface area contributed by atoms with Crippen LogP contribution in [0.1, 0.15) is 27.2 Å². The van der Waals surface area contributed by atoms with Gasteiger partial charge in [-0.25, -0.2) is 14.7 Å². The van der Waals surface area contributed by atoms with Crippen LogP contribution in [-0.4, -0.2) is 29.5 Å². The molecule has 0 bridgehead atoms. The molecule has 0 aliphatic rings. The Morgan fingerprint density at radius 1 is 1.38 bits per heavy atom. The second-order valence-corrected chi connectivity index (χ2v) is 3.55. The Morgan fingerprint density at radius 3 is 2.31 bits per heavy atom. The number of rotatable bonds is 6. The molecule has 0 rings (SSSR count). The summed E-state index contributed by atoms with van der Waals surface area (Å²) in [5.41, 5.74) is 14.7. The minimum atomic E-state index is -1.06. The maximum atomic E-state index is 7.24. The highest BCUT2D eigenvalue weighted by atomic mass is 17.0. The summed E-state index contributed by atoms with van der Waals surface area (Å²) in [6.07, 6.45) is 0.760. The molecule has 0 heterocycles. The lowest BCUT2D eigenvalue weighted by atomic mass is 10.3. The maximum Gasteiger partial charge on any atom is 0.241 e. The van der Waals surface area contributed by atoms with Gasteiger partial charge in [-0.05, 0) is 20.3 Å². The molecule has 0 saturated heterocycles. The number of hydrogen-bond acceptors (Lipinski definition) is 4. The van der Waals surface area contributed by atoms with E-state index >= 15 is 0 Å². The van der Waals surface area contributed by atoms with Crippen molar-refractivity contribution in [3.8, 4) is 0 Å². The molecule has 0 aromatic rings. The zero-order valence-corrected chi connectivity index (χ0v) is 9.86. The van der Waals surface area contributed by atoms with Gasteiger partial charge in [0.2, 0.25) is 5.96 Å². The molecular weight excluding hydrogens is 212 g/mol. The summed E-state index contributed by atoms with van der Waals surface area (Å²) in [4.78, 5) is 14.1. The number of nitrogens with two attached hydrogens (primary N) is 3. The monoisotopic (exact) mass is 232 g/mol. The molecule has 0 atom stereocenters. The number of nitrogens with one attached hydrogen (secondary N) is 1. The first kappa shape index (κ1) is 14.5. The number of hydroxylamine groups is 2. The lowest BCUT2D eigenvalue weighted by molar-refractivity contribution is -0.357. The van der Waals surface area contributed by atoms with Crippen molar-refractivity contribution in [3.63, 3.8) is 0 Å². The summed E-state index contributed by atoms with van der Waals surface area (Å²) in [6, 6.07) is 0. The van der Waals surface area contributed by atoms with Crippen molar-refractivity contribution in [2.24, 2.45) is 22.2 Å². The first-order chi connectivity index (χ1) is 7.28. The van der Waals surface area contributed by atoms with Crippen molar-refractivity contribution in [1.82, 2.24) is 5.23 Å². The van der Waals surface area contributed by atoms with E-state index in [-0.39, 0.29) is 11.9 Å². The van der Waals surface area contributed by atoms with E-state index in [1.165, 1.54) is 0 Å². The van der Waals surface area contributed by atoms with Crippen LogP contribution >= 0.6 is 0 Å². The van der Waals surface area contributed by atoms with Crippen molar-refractivity contribution >= 4 is 11.9 Å². The third-order valence-electron chi connectivity index (χ3n) is 1.31. The lowest BCUT2D eigenvalue weighted by Crippen LogP contribution is -2.43. The van der Waals surface area contributed by atoms with Crippen LogP contribution < -0.4 is 17.2 Å². The molecule has 0 radical (unpaired) electrons. The molecule has 7 N–H and O–H groups in total. The maximum absolute atomic E-state index is 7.24. The smallest absolute Gasteiger partial charge is 0.241 e. The highest BCUT2D eigenvalue weighted by molar-refractivity contribution is 5.76. The van der Waals surface area contributed by atoms with E-state index in [9.17, 15) is 0 Å². The molecule has 0 amide bonds. The van der Waals surface area contributed by atoms with Gasteiger partial charge in [-0.3, -0.25) is 5.41 Å². The van der Waals surface area contributed by atoms with E-state index in [0.717, 1.165) is 11.6 Å². The molecular formula is C8H20N6O2. The average molecular weight is 232 g/mol. The van der Waals surface area contributed by atoms with Crippen LogP contribution in [0.3, 0.4) is 0 Å². The van der Waals surface area contributed by atoms with Gasteiger partial charge >= 0.3 is 0 Å². The standard InChI is InChI=1S/C8H20N6O2/c1-4-5-15-14(7(11)12)16-8(2,3)13-6(9)10/h4-5H2,1-3H3,(H3,11,12)(H4,9,10,13). The molecule has 8 nitrogen and oxygen atoms in total. The fraction of sp³-hybridized carbons (Fsp3) is 0.750. The van der Waals surface area contributed by atoms with E-state index < -0.39 is 5.72 Å². The Morgan fingerprint density at radius 2 is 1.94 bits per heavy atom. The second kappa shape index (κ2) is 6.13. The Balaban J connectivity index is 4.49. The Hall–Kier alpha value is -1.54. The van der Waals surface area contributed by atoms with Gasteiger partial charge in [0.15, 0.2) is 11.7 Å². The highest BCUT2D eigenvalue weighted by Gasteiger charge is 2.24. The van der Waals surface area contributed by atoms with Crippen molar-refractivity contribution < 1.29 is 9.68 Å². The van der Waals surface area contributed by atoms with Crippen molar-refractivity contribution in [3.05, 3.63) is 0 Å². The van der Waals surface area contributed by atoms with Gasteiger partial charge in [0.25, 0.3) is 0 Å². The molecule has 0 saturated carbocycles. The molecule has 0 aliphatic heterocycles. The summed E-state index contributed by atoms with van der Waals surface area (Å²) in [5, 5.41) is 8.02. The second-order valence-electron chi connectivity index (χ2n) is 3.55. The van der Waals surface area contributed by atoms with Gasteiger partial charge < -0.3 is 17.2 Å². The average Bonchev–Trinajstić information content (AvgIpc) is 2.09. The van der Waals surface area contributed by atoms with Crippen molar-refractivity contribution in [2.75, 3.05) is 6.61 Å². The molecule has 0 aliphatic carbocycles. The predicted molar refractivity (Wildman–Crippen MR) is 61.0 cm³/mol. The van der Waals surface area contributed by atoms with Gasteiger partial charge in [-0.2, -0.15) is 0 Å². The van der Waals surface area contributed by atoms with E-state index in [1.54, 1.807) is 13.8 Å². The lowest BCUT2D eigenvalue weighted by Gasteiger charge is -2.28. The summed E-state index contributed by atoms with van der Waals surface area (Å²) >= 11 is 0. The van der Waals surface area contributed by atoms with Crippen LogP contribution in [0.25, 0.3) is 0 Å². The van der Waals surface area contributed by atoms with Crippen LogP contribution in [0.15, 0.2) is 4.99 Å². The Kier molecular flexibility index (Phi) is 5.54. The third kappa shape index (κ3) is 6.04. The molecule has 0 aromatic heterocycles. The number of aliphatic imine (C=N–C) groups is 1. The third-order valence-corrected chi connectivity index (χ3v) is 1.31. The minimum Gasteiger partial charge on any atom is -0.370 e. The van der Waals surface area contributed by atoms with Crippen molar-refractivity contribution in [2.45, 2.75) is 32.9 Å². The summed E-state index contributed by atoms with van der Waals surface area (Å²) in [7, 11) is 0. The Bertz CT molecular complexity index is 261. The molecule has 0 unspecified atom stereocenters. The summed E-state index contributed by atoms with van der Waals surface area (Å²) < 4.78 is 0. The van der Waals surface area contributed by atoms with E-state index in [2.05, 4.69) is 4.99 Å². The molecule has 0 fully saturated rings. The van der Waals surface area contributed by atoms with Gasteiger partial charge in [0, 0.05) is 0 Å². The van der Waals surface area contributed by atoms with Crippen LogP contribution in [0, 0.1) is 5.41 Å². The minimum absolute atomic E-state index is 0.121. The van der Waals surface area contributed by atoms with Crippen LogP contribution in [-0.2, 0) is 9.68 Å². The molecule has 94 valence electrons. The van der Waals surface area contributed by atoms with Crippen LogP contribution in [0.2, 0.25) is 0 Å². The van der Waals surface area contributed by atoms with E-state index in [1.807, 2.05) is 6.92 Å². The van der Waals surface area contributed by atoms with Crippen LogP contribution in [0.4, 0.5) is 0 Å². The molecule has 16 heavy (non-hydrogen) atoms. The number of nitrogens with zero attached hydrogens (tertiary/aromatic N) is 2. The summed E-state index contributed by atoms with van der Waals surface area (Å²) in [6.45, 7) is 5.51. The van der Waals surface area contributed by atoms with E-state index in [0.29, 0.717) is 6.61 Å². The van der Waals surface area contributed by atoms with E-state index in [4.69, 9.17) is 32.3 Å². The van der Waals surface area contributed by atoms with Gasteiger partial charge in [0.1, 0.15) is 0 Å². The van der Waals surface area contributed by atoms with Gasteiger partial charge in [0.05, 0.1) is 6.61 Å². The zero-order chi connectivity index (χ0) is 12.8.